The first kappa shape index (κ1) is 23.0. The molecule has 1 saturated heterocycles. The van der Waals surface area contributed by atoms with Gasteiger partial charge >= 0.3 is 5.91 Å². The number of benzene rings is 2. The number of ether oxygens (including phenoxy) is 1. The van der Waals surface area contributed by atoms with Crippen LogP contribution in [0.5, 0.6) is 5.75 Å². The Hall–Kier alpha value is -4.19. The van der Waals surface area contributed by atoms with E-state index in [0.717, 1.165) is 5.56 Å². The molecule has 1 aromatic heterocycles. The van der Waals surface area contributed by atoms with E-state index in [1.54, 1.807) is 54.7 Å². The lowest BCUT2D eigenvalue weighted by Gasteiger charge is -2.24. The van der Waals surface area contributed by atoms with Gasteiger partial charge in [0, 0.05) is 11.8 Å². The van der Waals surface area contributed by atoms with Crippen molar-refractivity contribution in [3.05, 3.63) is 108 Å². The topological polar surface area (TPSA) is 79.7 Å². The zero-order valence-electron chi connectivity index (χ0n) is 19.1. The normalized spacial score (nSPS) is 17.3. The summed E-state index contributed by atoms with van der Waals surface area (Å²) in [6, 6.07) is 18.8. The minimum Gasteiger partial charge on any atom is -0.507 e. The fraction of sp³-hybridized carbons (Fsp3) is 0.179. The molecule has 0 aliphatic carbocycles. The molecule has 0 bridgehead atoms. The second kappa shape index (κ2) is 9.75. The summed E-state index contributed by atoms with van der Waals surface area (Å²) in [4.78, 5) is 32.0. The molecule has 2 aromatic carbocycles. The number of ketones is 1. The van der Waals surface area contributed by atoms with E-state index in [4.69, 9.17) is 4.74 Å². The van der Waals surface area contributed by atoms with Gasteiger partial charge in [-0.05, 0) is 53.4 Å². The molecule has 1 aliphatic rings. The molecule has 0 saturated carbocycles. The Balaban J connectivity index is 1.84. The van der Waals surface area contributed by atoms with Crippen LogP contribution in [0.15, 0.2) is 91.2 Å². The number of rotatable bonds is 7. The van der Waals surface area contributed by atoms with Crippen LogP contribution in [0.3, 0.4) is 0 Å². The van der Waals surface area contributed by atoms with E-state index < -0.39 is 17.7 Å². The largest absolute Gasteiger partial charge is 0.507 e. The van der Waals surface area contributed by atoms with E-state index in [1.807, 2.05) is 24.3 Å². The number of pyridine rings is 1. The molecule has 172 valence electrons. The van der Waals surface area contributed by atoms with Crippen molar-refractivity contribution >= 4 is 23.3 Å². The Morgan fingerprint density at radius 2 is 1.79 bits per heavy atom. The fourth-order valence-corrected chi connectivity index (χ4v) is 3.96. The van der Waals surface area contributed by atoms with Crippen molar-refractivity contribution < 1.29 is 19.4 Å². The van der Waals surface area contributed by atoms with Gasteiger partial charge in [-0.2, -0.15) is 0 Å². The predicted molar refractivity (Wildman–Crippen MR) is 132 cm³/mol. The number of Topliss-reactive ketones (excluding diaryl/α,β-unsaturated/α-hetero) is 1. The maximum absolute atomic E-state index is 13.2. The van der Waals surface area contributed by atoms with Crippen LogP contribution in [-0.2, 0) is 9.59 Å². The lowest BCUT2D eigenvalue weighted by Crippen LogP contribution is -2.30. The minimum atomic E-state index is -0.812. The minimum absolute atomic E-state index is 0.0210. The SMILES string of the molecule is C=CCOc1ccc(/C(O)=C2\C(=O)C(=O)N(c3ccccn3)[C@H]2c2ccc(C(C)C)cc2)cc1. The van der Waals surface area contributed by atoms with Crippen molar-refractivity contribution in [3.63, 3.8) is 0 Å². The second-order valence-electron chi connectivity index (χ2n) is 8.30. The highest BCUT2D eigenvalue weighted by molar-refractivity contribution is 6.51. The van der Waals surface area contributed by atoms with Gasteiger partial charge in [-0.15, -0.1) is 0 Å². The number of aliphatic hydroxyl groups excluding tert-OH is 1. The van der Waals surface area contributed by atoms with Gasteiger partial charge in [0.05, 0.1) is 11.6 Å². The first-order valence-electron chi connectivity index (χ1n) is 11.1. The average Bonchev–Trinajstić information content (AvgIpc) is 3.13. The molecule has 1 N–H and O–H groups in total. The van der Waals surface area contributed by atoms with E-state index in [9.17, 15) is 14.7 Å². The van der Waals surface area contributed by atoms with E-state index in [0.29, 0.717) is 35.2 Å². The number of amides is 1. The number of nitrogens with zero attached hydrogens (tertiary/aromatic N) is 2. The molecular formula is C28H26N2O4. The van der Waals surface area contributed by atoms with Gasteiger partial charge in [-0.1, -0.05) is 56.8 Å². The predicted octanol–water partition coefficient (Wildman–Crippen LogP) is 5.40. The first-order chi connectivity index (χ1) is 16.4. The Morgan fingerprint density at radius 1 is 1.09 bits per heavy atom. The second-order valence-corrected chi connectivity index (χ2v) is 8.30. The third kappa shape index (κ3) is 4.35. The lowest BCUT2D eigenvalue weighted by atomic mass is 9.93. The Labute approximate surface area is 198 Å². The first-order valence-corrected chi connectivity index (χ1v) is 11.1. The Morgan fingerprint density at radius 3 is 2.38 bits per heavy atom. The van der Waals surface area contributed by atoms with Gasteiger partial charge in [0.1, 0.15) is 23.9 Å². The number of hydrogen-bond acceptors (Lipinski definition) is 5. The summed E-state index contributed by atoms with van der Waals surface area (Å²) in [6.45, 7) is 8.17. The summed E-state index contributed by atoms with van der Waals surface area (Å²) < 4.78 is 5.50. The summed E-state index contributed by atoms with van der Waals surface area (Å²) in [6.07, 6.45) is 3.20. The van der Waals surface area contributed by atoms with E-state index in [2.05, 4.69) is 25.4 Å². The molecule has 0 unspecified atom stereocenters. The lowest BCUT2D eigenvalue weighted by molar-refractivity contribution is -0.132. The zero-order chi connectivity index (χ0) is 24.2. The molecule has 1 amide bonds. The van der Waals surface area contributed by atoms with Gasteiger partial charge in [0.2, 0.25) is 0 Å². The summed E-state index contributed by atoms with van der Waals surface area (Å²) >= 11 is 0. The van der Waals surface area contributed by atoms with Crippen molar-refractivity contribution in [1.29, 1.82) is 0 Å². The maximum Gasteiger partial charge on any atom is 0.301 e. The van der Waals surface area contributed by atoms with E-state index in [1.165, 1.54) is 4.90 Å². The molecule has 0 radical (unpaired) electrons. The third-order valence-electron chi connectivity index (χ3n) is 5.76. The number of carbonyl (C=O) groups is 2. The summed E-state index contributed by atoms with van der Waals surface area (Å²) in [7, 11) is 0. The van der Waals surface area contributed by atoms with Crippen LogP contribution in [0.1, 0.15) is 42.5 Å². The van der Waals surface area contributed by atoms with Crippen LogP contribution >= 0.6 is 0 Å². The molecule has 1 atom stereocenters. The van der Waals surface area contributed by atoms with E-state index in [-0.39, 0.29) is 11.3 Å². The van der Waals surface area contributed by atoms with Gasteiger partial charge in [0.15, 0.2) is 0 Å². The molecule has 4 rings (SSSR count). The number of hydrogen-bond donors (Lipinski definition) is 1. The van der Waals surface area contributed by atoms with Crippen LogP contribution in [-0.4, -0.2) is 28.4 Å². The molecule has 1 fully saturated rings. The Bertz CT molecular complexity index is 1230. The molecule has 0 spiro atoms. The highest BCUT2D eigenvalue weighted by Crippen LogP contribution is 2.41. The fourth-order valence-electron chi connectivity index (χ4n) is 3.96. The van der Waals surface area contributed by atoms with Gasteiger partial charge in [-0.3, -0.25) is 14.5 Å². The number of carbonyl (C=O) groups excluding carboxylic acids is 2. The summed E-state index contributed by atoms with van der Waals surface area (Å²) in [5.41, 5.74) is 2.27. The highest BCUT2D eigenvalue weighted by atomic mass is 16.5. The standard InChI is InChI=1S/C28H26N2O4/c1-4-17-34-22-14-12-21(13-15-22)26(31)24-25(20-10-8-19(9-11-20)18(2)3)30(28(33)27(24)32)23-7-5-6-16-29-23/h4-16,18,25,31H,1,17H2,2-3H3/b26-24+/t25-/m0/s1. The smallest absolute Gasteiger partial charge is 0.301 e. The average molecular weight is 455 g/mol. The molecule has 3 aromatic rings. The van der Waals surface area contributed by atoms with Crippen LogP contribution in [0.4, 0.5) is 5.82 Å². The van der Waals surface area contributed by atoms with Crippen LogP contribution in [0, 0.1) is 0 Å². The van der Waals surface area contributed by atoms with Crippen LogP contribution in [0.2, 0.25) is 0 Å². The van der Waals surface area contributed by atoms with Crippen molar-refractivity contribution in [1.82, 2.24) is 4.98 Å². The molecule has 2 heterocycles. The highest BCUT2D eigenvalue weighted by Gasteiger charge is 2.47. The summed E-state index contributed by atoms with van der Waals surface area (Å²) in [5, 5.41) is 11.2. The van der Waals surface area contributed by atoms with Crippen molar-refractivity contribution in [2.75, 3.05) is 11.5 Å². The van der Waals surface area contributed by atoms with Crippen LogP contribution in [0.25, 0.3) is 5.76 Å². The molecule has 1 aliphatic heterocycles. The molecule has 6 heteroatoms. The maximum atomic E-state index is 13.2. The summed E-state index contributed by atoms with van der Waals surface area (Å²) in [5.74, 6) is -0.457. The van der Waals surface area contributed by atoms with Gasteiger partial charge in [-0.25, -0.2) is 4.98 Å². The van der Waals surface area contributed by atoms with Crippen LogP contribution < -0.4 is 9.64 Å². The van der Waals surface area contributed by atoms with Crippen molar-refractivity contribution in [2.24, 2.45) is 0 Å². The van der Waals surface area contributed by atoms with E-state index >= 15 is 0 Å². The number of aromatic nitrogens is 1. The Kier molecular flexibility index (Phi) is 6.59. The van der Waals surface area contributed by atoms with Crippen molar-refractivity contribution in [2.45, 2.75) is 25.8 Å². The van der Waals surface area contributed by atoms with Gasteiger partial charge in [0.25, 0.3) is 5.78 Å². The molecule has 6 nitrogen and oxygen atoms in total. The quantitative estimate of drug-likeness (QED) is 0.224. The van der Waals surface area contributed by atoms with Crippen molar-refractivity contribution in [3.8, 4) is 5.75 Å². The zero-order valence-corrected chi connectivity index (χ0v) is 19.1. The molecule has 34 heavy (non-hydrogen) atoms. The number of anilines is 1. The monoisotopic (exact) mass is 454 g/mol. The third-order valence-corrected chi connectivity index (χ3v) is 5.76. The molecular weight excluding hydrogens is 428 g/mol. The van der Waals surface area contributed by atoms with Gasteiger partial charge < -0.3 is 9.84 Å². The number of aliphatic hydroxyl groups is 1.